The first-order chi connectivity index (χ1) is 7.80. The van der Waals surface area contributed by atoms with Crippen LogP contribution in [0.15, 0.2) is 18.3 Å². The first-order valence-electron chi connectivity index (χ1n) is 5.77. The van der Waals surface area contributed by atoms with Gasteiger partial charge in [-0.2, -0.15) is 0 Å². The van der Waals surface area contributed by atoms with Gasteiger partial charge in [-0.25, -0.2) is 0 Å². The molecule has 1 aromatic rings. The summed E-state index contributed by atoms with van der Waals surface area (Å²) < 4.78 is 5.33. The standard InChI is InChI=1S/C12H21N3O/c1-3-10-5-6-11(14-8-10)7-12(15-13)9-16-4-2/h5-6,8,12,15H,3-4,7,9,13H2,1-2H3. The minimum Gasteiger partial charge on any atom is -0.380 e. The maximum absolute atomic E-state index is 5.46. The number of nitrogens with one attached hydrogen (secondary N) is 1. The summed E-state index contributed by atoms with van der Waals surface area (Å²) in [6.07, 6.45) is 3.73. The number of aryl methyl sites for hydroxylation is 1. The Balaban J connectivity index is 2.49. The zero-order chi connectivity index (χ0) is 11.8. The molecule has 0 spiro atoms. The molecule has 1 rings (SSSR count). The normalized spacial score (nSPS) is 12.7. The van der Waals surface area contributed by atoms with Crippen molar-refractivity contribution in [2.24, 2.45) is 5.84 Å². The van der Waals surface area contributed by atoms with Crippen LogP contribution in [0.5, 0.6) is 0 Å². The summed E-state index contributed by atoms with van der Waals surface area (Å²) in [6, 6.07) is 4.28. The summed E-state index contributed by atoms with van der Waals surface area (Å²) in [4.78, 5) is 4.39. The molecular weight excluding hydrogens is 202 g/mol. The predicted octanol–water partition coefficient (Wildman–Crippen LogP) is 1.05. The van der Waals surface area contributed by atoms with Gasteiger partial charge < -0.3 is 4.74 Å². The Kier molecular flexibility index (Phi) is 6.00. The second kappa shape index (κ2) is 7.33. The van der Waals surface area contributed by atoms with Crippen molar-refractivity contribution in [3.05, 3.63) is 29.6 Å². The predicted molar refractivity (Wildman–Crippen MR) is 64.9 cm³/mol. The fraction of sp³-hybridized carbons (Fsp3) is 0.583. The van der Waals surface area contributed by atoms with E-state index in [0.717, 1.165) is 18.5 Å². The van der Waals surface area contributed by atoms with E-state index in [1.54, 1.807) is 0 Å². The lowest BCUT2D eigenvalue weighted by Crippen LogP contribution is -2.40. The first kappa shape index (κ1) is 13.1. The molecular formula is C12H21N3O. The second-order valence-corrected chi connectivity index (χ2v) is 3.74. The minimum absolute atomic E-state index is 0.125. The number of ether oxygens (including phenoxy) is 1. The fourth-order valence-electron chi connectivity index (χ4n) is 1.46. The molecule has 0 saturated carbocycles. The molecule has 1 heterocycles. The van der Waals surface area contributed by atoms with Crippen molar-refractivity contribution in [2.75, 3.05) is 13.2 Å². The molecule has 1 unspecified atom stereocenters. The molecule has 0 aliphatic rings. The van der Waals surface area contributed by atoms with Crippen molar-refractivity contribution in [1.82, 2.24) is 10.4 Å². The number of nitrogens with zero attached hydrogens (tertiary/aromatic N) is 1. The maximum atomic E-state index is 5.46. The van der Waals surface area contributed by atoms with Gasteiger partial charge in [-0.15, -0.1) is 0 Å². The van der Waals surface area contributed by atoms with Gasteiger partial charge in [0, 0.05) is 31.0 Å². The Labute approximate surface area is 97.2 Å². The lowest BCUT2D eigenvalue weighted by atomic mass is 10.1. The molecule has 16 heavy (non-hydrogen) atoms. The Morgan fingerprint density at radius 3 is 2.75 bits per heavy atom. The van der Waals surface area contributed by atoms with Crippen molar-refractivity contribution in [2.45, 2.75) is 32.7 Å². The zero-order valence-electron chi connectivity index (χ0n) is 10.1. The third-order valence-electron chi connectivity index (χ3n) is 2.51. The topological polar surface area (TPSA) is 60.2 Å². The minimum atomic E-state index is 0.125. The maximum Gasteiger partial charge on any atom is 0.0636 e. The van der Waals surface area contributed by atoms with Crippen LogP contribution in [0.3, 0.4) is 0 Å². The van der Waals surface area contributed by atoms with E-state index in [2.05, 4.69) is 29.5 Å². The van der Waals surface area contributed by atoms with Crippen LogP contribution in [0.4, 0.5) is 0 Å². The second-order valence-electron chi connectivity index (χ2n) is 3.74. The fourth-order valence-corrected chi connectivity index (χ4v) is 1.46. The van der Waals surface area contributed by atoms with Gasteiger partial charge in [0.05, 0.1) is 6.61 Å². The molecule has 0 saturated heterocycles. The summed E-state index contributed by atoms with van der Waals surface area (Å²) in [7, 11) is 0. The monoisotopic (exact) mass is 223 g/mol. The molecule has 4 nitrogen and oxygen atoms in total. The van der Waals surface area contributed by atoms with Crippen LogP contribution in [0.25, 0.3) is 0 Å². The van der Waals surface area contributed by atoms with E-state index in [1.165, 1.54) is 5.56 Å². The number of rotatable bonds is 7. The van der Waals surface area contributed by atoms with Crippen molar-refractivity contribution in [1.29, 1.82) is 0 Å². The van der Waals surface area contributed by atoms with Crippen LogP contribution in [0.1, 0.15) is 25.1 Å². The van der Waals surface area contributed by atoms with Crippen LogP contribution >= 0.6 is 0 Å². The SMILES string of the molecule is CCOCC(Cc1ccc(CC)cn1)NN. The van der Waals surface area contributed by atoms with Crippen LogP contribution in [0, 0.1) is 0 Å². The van der Waals surface area contributed by atoms with Crippen LogP contribution in [-0.4, -0.2) is 24.2 Å². The third kappa shape index (κ3) is 4.26. The summed E-state index contributed by atoms with van der Waals surface area (Å²) in [5.41, 5.74) is 5.05. The lowest BCUT2D eigenvalue weighted by molar-refractivity contribution is 0.122. The molecule has 0 aliphatic heterocycles. The highest BCUT2D eigenvalue weighted by atomic mass is 16.5. The average Bonchev–Trinajstić information content (AvgIpc) is 2.35. The highest BCUT2D eigenvalue weighted by molar-refractivity contribution is 5.14. The molecule has 3 N–H and O–H groups in total. The van der Waals surface area contributed by atoms with E-state index in [4.69, 9.17) is 10.6 Å². The highest BCUT2D eigenvalue weighted by Gasteiger charge is 2.08. The molecule has 0 fully saturated rings. The lowest BCUT2D eigenvalue weighted by Gasteiger charge is -2.15. The van der Waals surface area contributed by atoms with E-state index in [0.29, 0.717) is 13.2 Å². The van der Waals surface area contributed by atoms with Gasteiger partial charge in [0.1, 0.15) is 0 Å². The Bertz CT molecular complexity index is 287. The summed E-state index contributed by atoms with van der Waals surface area (Å²) >= 11 is 0. The Morgan fingerprint density at radius 1 is 1.44 bits per heavy atom. The van der Waals surface area contributed by atoms with E-state index >= 15 is 0 Å². The van der Waals surface area contributed by atoms with Gasteiger partial charge in [-0.3, -0.25) is 16.3 Å². The van der Waals surface area contributed by atoms with Crippen LogP contribution in [0.2, 0.25) is 0 Å². The average molecular weight is 223 g/mol. The molecule has 1 atom stereocenters. The molecule has 0 bridgehead atoms. The molecule has 4 heteroatoms. The molecule has 0 amide bonds. The van der Waals surface area contributed by atoms with Gasteiger partial charge in [0.25, 0.3) is 0 Å². The summed E-state index contributed by atoms with van der Waals surface area (Å²) in [6.45, 7) is 5.42. The van der Waals surface area contributed by atoms with Crippen molar-refractivity contribution < 1.29 is 4.74 Å². The van der Waals surface area contributed by atoms with E-state index in [1.807, 2.05) is 13.1 Å². The number of hydrazine groups is 1. The highest BCUT2D eigenvalue weighted by Crippen LogP contribution is 2.04. The van der Waals surface area contributed by atoms with Crippen molar-refractivity contribution in [3.8, 4) is 0 Å². The molecule has 0 aromatic carbocycles. The van der Waals surface area contributed by atoms with Gasteiger partial charge in [0.2, 0.25) is 0 Å². The quantitative estimate of drug-likeness (QED) is 0.536. The van der Waals surface area contributed by atoms with Gasteiger partial charge in [-0.05, 0) is 25.0 Å². The summed E-state index contributed by atoms with van der Waals surface area (Å²) in [5, 5.41) is 0. The molecule has 1 aromatic heterocycles. The van der Waals surface area contributed by atoms with Gasteiger partial charge >= 0.3 is 0 Å². The number of hydrogen-bond donors (Lipinski definition) is 2. The number of hydrogen-bond acceptors (Lipinski definition) is 4. The van der Waals surface area contributed by atoms with E-state index < -0.39 is 0 Å². The number of nitrogens with two attached hydrogens (primary N) is 1. The third-order valence-corrected chi connectivity index (χ3v) is 2.51. The summed E-state index contributed by atoms with van der Waals surface area (Å²) in [5.74, 6) is 5.46. The van der Waals surface area contributed by atoms with Crippen LogP contribution in [-0.2, 0) is 17.6 Å². The van der Waals surface area contributed by atoms with Crippen LogP contribution < -0.4 is 11.3 Å². The van der Waals surface area contributed by atoms with Gasteiger partial charge in [-0.1, -0.05) is 13.0 Å². The zero-order valence-corrected chi connectivity index (χ0v) is 10.1. The molecule has 90 valence electrons. The largest absolute Gasteiger partial charge is 0.380 e. The van der Waals surface area contributed by atoms with Gasteiger partial charge in [0.15, 0.2) is 0 Å². The number of aromatic nitrogens is 1. The van der Waals surface area contributed by atoms with E-state index in [-0.39, 0.29) is 6.04 Å². The van der Waals surface area contributed by atoms with E-state index in [9.17, 15) is 0 Å². The molecule has 0 radical (unpaired) electrons. The first-order valence-corrected chi connectivity index (χ1v) is 5.77. The Hall–Kier alpha value is -0.970. The molecule has 0 aliphatic carbocycles. The smallest absolute Gasteiger partial charge is 0.0636 e. The Morgan fingerprint density at radius 2 is 2.25 bits per heavy atom. The number of pyridine rings is 1. The van der Waals surface area contributed by atoms with Crippen molar-refractivity contribution in [3.63, 3.8) is 0 Å². The van der Waals surface area contributed by atoms with Crippen molar-refractivity contribution >= 4 is 0 Å².